The Hall–Kier alpha value is -2.12. The first-order chi connectivity index (χ1) is 13.3. The SMILES string of the molecule is CC(C)(C)CC(=O)N1C[C@H]2[C@@H]([C@H]1C(=O)N[C@@H](C[C@@H]1CCN=C1N)C(N)=O)C2(C)C. The number of fused-ring (bicyclic) bond motifs is 1. The summed E-state index contributed by atoms with van der Waals surface area (Å²) in [5.41, 5.74) is 11.3. The van der Waals surface area contributed by atoms with Crippen molar-refractivity contribution in [2.24, 2.45) is 45.0 Å². The molecule has 3 amide bonds. The van der Waals surface area contributed by atoms with Crippen molar-refractivity contribution in [1.82, 2.24) is 10.2 Å². The molecular formula is C21H35N5O3. The molecule has 8 nitrogen and oxygen atoms in total. The fourth-order valence-corrected chi connectivity index (χ4v) is 5.05. The summed E-state index contributed by atoms with van der Waals surface area (Å²) in [6, 6.07) is -1.37. The topological polar surface area (TPSA) is 131 Å². The number of carbonyl (C=O) groups excluding carboxylic acids is 3. The lowest BCUT2D eigenvalue weighted by molar-refractivity contribution is -0.142. The van der Waals surface area contributed by atoms with Gasteiger partial charge in [-0.15, -0.1) is 0 Å². The summed E-state index contributed by atoms with van der Waals surface area (Å²) in [6.45, 7) is 11.5. The molecule has 0 bridgehead atoms. The van der Waals surface area contributed by atoms with Crippen LogP contribution in [0.4, 0.5) is 0 Å². The molecule has 8 heteroatoms. The Balaban J connectivity index is 1.73. The number of aliphatic imine (C=N–C) groups is 1. The molecule has 1 saturated carbocycles. The van der Waals surface area contributed by atoms with Gasteiger partial charge in [0.05, 0.1) is 5.84 Å². The van der Waals surface area contributed by atoms with Gasteiger partial charge in [-0.1, -0.05) is 34.6 Å². The van der Waals surface area contributed by atoms with Crippen LogP contribution in [-0.2, 0) is 14.4 Å². The molecule has 0 radical (unpaired) electrons. The van der Waals surface area contributed by atoms with Gasteiger partial charge < -0.3 is 21.7 Å². The lowest BCUT2D eigenvalue weighted by atomic mass is 9.90. The van der Waals surface area contributed by atoms with E-state index in [1.54, 1.807) is 4.90 Å². The Morgan fingerprint density at radius 1 is 1.31 bits per heavy atom. The summed E-state index contributed by atoms with van der Waals surface area (Å²) in [5, 5.41) is 2.83. The van der Waals surface area contributed by atoms with E-state index in [1.807, 2.05) is 20.8 Å². The van der Waals surface area contributed by atoms with Crippen molar-refractivity contribution in [3.8, 4) is 0 Å². The number of hydrogen-bond acceptors (Lipinski definition) is 5. The van der Waals surface area contributed by atoms with Crippen LogP contribution in [-0.4, -0.2) is 53.6 Å². The van der Waals surface area contributed by atoms with Crippen LogP contribution in [0.1, 0.15) is 53.9 Å². The average Bonchev–Trinajstić information content (AvgIpc) is 2.97. The van der Waals surface area contributed by atoms with Crippen LogP contribution >= 0.6 is 0 Å². The van der Waals surface area contributed by atoms with Gasteiger partial charge in [0.2, 0.25) is 17.7 Å². The van der Waals surface area contributed by atoms with Gasteiger partial charge in [0.25, 0.3) is 0 Å². The van der Waals surface area contributed by atoms with E-state index >= 15 is 0 Å². The third-order valence-corrected chi connectivity index (χ3v) is 6.85. The number of rotatable bonds is 6. The lowest BCUT2D eigenvalue weighted by Gasteiger charge is -2.33. The molecule has 2 fully saturated rings. The first kappa shape index (κ1) is 21.6. The monoisotopic (exact) mass is 405 g/mol. The number of piperidine rings is 1. The molecule has 0 spiro atoms. The van der Waals surface area contributed by atoms with Gasteiger partial charge in [0.15, 0.2) is 0 Å². The second kappa shape index (κ2) is 7.29. The van der Waals surface area contributed by atoms with Crippen LogP contribution in [0.2, 0.25) is 0 Å². The van der Waals surface area contributed by atoms with E-state index < -0.39 is 18.0 Å². The minimum atomic E-state index is -0.820. The summed E-state index contributed by atoms with van der Waals surface area (Å²) < 4.78 is 0. The van der Waals surface area contributed by atoms with Crippen molar-refractivity contribution in [2.45, 2.75) is 66.0 Å². The van der Waals surface area contributed by atoms with Crippen LogP contribution < -0.4 is 16.8 Å². The number of amidine groups is 1. The van der Waals surface area contributed by atoms with Crippen molar-refractivity contribution in [3.05, 3.63) is 0 Å². The van der Waals surface area contributed by atoms with E-state index in [2.05, 4.69) is 24.2 Å². The lowest BCUT2D eigenvalue weighted by Crippen LogP contribution is -2.55. The predicted molar refractivity (Wildman–Crippen MR) is 111 cm³/mol. The van der Waals surface area contributed by atoms with E-state index in [-0.39, 0.29) is 34.5 Å². The smallest absolute Gasteiger partial charge is 0.243 e. The van der Waals surface area contributed by atoms with Crippen molar-refractivity contribution in [2.75, 3.05) is 13.1 Å². The zero-order valence-electron chi connectivity index (χ0n) is 18.2. The van der Waals surface area contributed by atoms with Gasteiger partial charge in [-0.25, -0.2) is 0 Å². The van der Waals surface area contributed by atoms with Crippen molar-refractivity contribution in [3.63, 3.8) is 0 Å². The minimum Gasteiger partial charge on any atom is -0.387 e. The number of nitrogens with zero attached hydrogens (tertiary/aromatic N) is 2. The molecule has 3 rings (SSSR count). The molecule has 5 N–H and O–H groups in total. The second-order valence-corrected chi connectivity index (χ2v) is 10.7. The molecule has 0 aromatic rings. The molecule has 0 aromatic heterocycles. The Kier molecular flexibility index (Phi) is 5.43. The summed E-state index contributed by atoms with van der Waals surface area (Å²) in [5.74, 6) is -0.0111. The first-order valence-corrected chi connectivity index (χ1v) is 10.5. The highest BCUT2D eigenvalue weighted by molar-refractivity contribution is 5.93. The molecule has 162 valence electrons. The molecule has 1 saturated heterocycles. The van der Waals surface area contributed by atoms with Gasteiger partial charge in [0, 0.05) is 25.4 Å². The van der Waals surface area contributed by atoms with Crippen molar-refractivity contribution < 1.29 is 14.4 Å². The zero-order chi connectivity index (χ0) is 21.7. The highest BCUT2D eigenvalue weighted by Gasteiger charge is 2.69. The van der Waals surface area contributed by atoms with Gasteiger partial charge in [0.1, 0.15) is 12.1 Å². The highest BCUT2D eigenvalue weighted by atomic mass is 16.2. The fourth-order valence-electron chi connectivity index (χ4n) is 5.05. The standard InChI is InChI=1S/C21H35N5O3/c1-20(2,3)9-14(27)26-10-12-15(21(12,4)5)16(26)19(29)25-13(18(23)28)8-11-6-7-24-17(11)22/h11-13,15-16H,6-10H2,1-5H3,(H2,22,24)(H2,23,28)(H,25,29)/t11-,12-,13-,15-,16-/m0/s1. The molecule has 2 heterocycles. The molecule has 3 aliphatic rings. The number of primary amides is 1. The Bertz CT molecular complexity index is 739. The van der Waals surface area contributed by atoms with Gasteiger partial charge in [-0.2, -0.15) is 0 Å². The van der Waals surface area contributed by atoms with Crippen LogP contribution in [0, 0.1) is 28.6 Å². The number of carbonyl (C=O) groups is 3. The molecule has 5 atom stereocenters. The van der Waals surface area contributed by atoms with Crippen LogP contribution in [0.3, 0.4) is 0 Å². The number of likely N-dealkylation sites (tertiary alicyclic amines) is 1. The Labute approximate surface area is 172 Å². The predicted octanol–water partition coefficient (Wildman–Crippen LogP) is 0.643. The quantitative estimate of drug-likeness (QED) is 0.598. The normalized spacial score (nSPS) is 31.1. The maximum Gasteiger partial charge on any atom is 0.243 e. The first-order valence-electron chi connectivity index (χ1n) is 10.5. The van der Waals surface area contributed by atoms with Gasteiger partial charge >= 0.3 is 0 Å². The Morgan fingerprint density at radius 2 is 1.97 bits per heavy atom. The van der Waals surface area contributed by atoms with Gasteiger partial charge in [-0.3, -0.25) is 19.4 Å². The largest absolute Gasteiger partial charge is 0.387 e. The van der Waals surface area contributed by atoms with Crippen LogP contribution in [0.5, 0.6) is 0 Å². The van der Waals surface area contributed by atoms with E-state index in [9.17, 15) is 14.4 Å². The zero-order valence-corrected chi connectivity index (χ0v) is 18.2. The number of nitrogens with two attached hydrogens (primary N) is 2. The van der Waals surface area contributed by atoms with E-state index in [0.717, 1.165) is 6.42 Å². The van der Waals surface area contributed by atoms with Crippen LogP contribution in [0.15, 0.2) is 4.99 Å². The maximum absolute atomic E-state index is 13.2. The fraction of sp³-hybridized carbons (Fsp3) is 0.810. The third kappa shape index (κ3) is 4.26. The molecule has 0 unspecified atom stereocenters. The summed E-state index contributed by atoms with van der Waals surface area (Å²) in [7, 11) is 0. The number of amides is 3. The molecule has 29 heavy (non-hydrogen) atoms. The molecule has 1 aliphatic carbocycles. The maximum atomic E-state index is 13.2. The molecule has 0 aromatic carbocycles. The van der Waals surface area contributed by atoms with Crippen LogP contribution in [0.25, 0.3) is 0 Å². The summed E-state index contributed by atoms with van der Waals surface area (Å²) in [6.07, 6.45) is 1.48. The summed E-state index contributed by atoms with van der Waals surface area (Å²) in [4.78, 5) is 44.1. The number of nitrogens with one attached hydrogen (secondary N) is 1. The van der Waals surface area contributed by atoms with E-state index in [1.165, 1.54) is 0 Å². The summed E-state index contributed by atoms with van der Waals surface area (Å²) >= 11 is 0. The molecule has 2 aliphatic heterocycles. The second-order valence-electron chi connectivity index (χ2n) is 10.7. The van der Waals surface area contributed by atoms with Gasteiger partial charge in [-0.05, 0) is 35.5 Å². The minimum absolute atomic E-state index is 0.0107. The third-order valence-electron chi connectivity index (χ3n) is 6.85. The number of hydrogen-bond donors (Lipinski definition) is 3. The van der Waals surface area contributed by atoms with Crippen molar-refractivity contribution in [1.29, 1.82) is 0 Å². The van der Waals surface area contributed by atoms with Crippen molar-refractivity contribution >= 4 is 23.6 Å². The molecular weight excluding hydrogens is 370 g/mol. The van der Waals surface area contributed by atoms with E-state index in [4.69, 9.17) is 11.5 Å². The average molecular weight is 406 g/mol. The Morgan fingerprint density at radius 3 is 2.48 bits per heavy atom. The highest BCUT2D eigenvalue weighted by Crippen LogP contribution is 2.65. The van der Waals surface area contributed by atoms with E-state index in [0.29, 0.717) is 37.7 Å².